The summed E-state index contributed by atoms with van der Waals surface area (Å²) >= 11 is 0. The minimum absolute atomic E-state index is 0.0144. The summed E-state index contributed by atoms with van der Waals surface area (Å²) in [6, 6.07) is 15.6. The topological polar surface area (TPSA) is 49.0 Å². The van der Waals surface area contributed by atoms with Crippen LogP contribution in [0.25, 0.3) is 10.9 Å². The fourth-order valence-electron chi connectivity index (χ4n) is 2.71. The Balaban J connectivity index is 1.87. The van der Waals surface area contributed by atoms with Crippen LogP contribution >= 0.6 is 0 Å². The number of hydrogen-bond acceptors (Lipinski definition) is 2. The smallest absolute Gasteiger partial charge is 0.270 e. The molecule has 1 amide bonds. The molecule has 1 aromatic carbocycles. The number of carbonyl (C=O) groups excluding carboxylic acids is 1. The van der Waals surface area contributed by atoms with Crippen LogP contribution in [0, 0.1) is 5.92 Å². The summed E-state index contributed by atoms with van der Waals surface area (Å²) in [4.78, 5) is 22.3. The number of nitrogens with one attached hydrogen (secondary N) is 1. The van der Waals surface area contributed by atoms with Crippen molar-refractivity contribution in [2.45, 2.75) is 20.4 Å². The van der Waals surface area contributed by atoms with Gasteiger partial charge in [0.05, 0.1) is 12.2 Å². The Hall–Kier alpha value is -2.62. The first kappa shape index (κ1) is 15.3. The van der Waals surface area contributed by atoms with Gasteiger partial charge in [-0.15, -0.1) is 0 Å². The van der Waals surface area contributed by atoms with Gasteiger partial charge in [0.25, 0.3) is 5.91 Å². The van der Waals surface area contributed by atoms with Crippen LogP contribution in [0.2, 0.25) is 0 Å². The van der Waals surface area contributed by atoms with Gasteiger partial charge in [0.1, 0.15) is 5.69 Å². The molecule has 0 aliphatic rings. The molecule has 0 radical (unpaired) electrons. The van der Waals surface area contributed by atoms with E-state index in [2.05, 4.69) is 23.8 Å². The number of carbonyl (C=O) groups is 1. The minimum atomic E-state index is 0.0144. The lowest BCUT2D eigenvalue weighted by Crippen LogP contribution is -2.34. The molecular formula is C19H21N3O. The Morgan fingerprint density at radius 3 is 2.65 bits per heavy atom. The number of aromatic nitrogens is 2. The maximum Gasteiger partial charge on any atom is 0.270 e. The van der Waals surface area contributed by atoms with Gasteiger partial charge in [-0.2, -0.15) is 0 Å². The zero-order valence-corrected chi connectivity index (χ0v) is 13.5. The van der Waals surface area contributed by atoms with Crippen molar-refractivity contribution in [3.63, 3.8) is 0 Å². The van der Waals surface area contributed by atoms with E-state index >= 15 is 0 Å². The van der Waals surface area contributed by atoms with Crippen LogP contribution < -0.4 is 0 Å². The number of pyridine rings is 1. The lowest BCUT2D eigenvalue weighted by Gasteiger charge is -2.23. The highest BCUT2D eigenvalue weighted by molar-refractivity contribution is 5.98. The molecular weight excluding hydrogens is 286 g/mol. The number of aromatic amines is 1. The van der Waals surface area contributed by atoms with E-state index in [1.807, 2.05) is 53.4 Å². The molecule has 2 aromatic heterocycles. The third-order valence-corrected chi connectivity index (χ3v) is 3.71. The van der Waals surface area contributed by atoms with Crippen LogP contribution in [0.4, 0.5) is 0 Å². The predicted octanol–water partition coefficient (Wildman–Crippen LogP) is 3.86. The van der Waals surface area contributed by atoms with Crippen LogP contribution in [0.15, 0.2) is 54.7 Å². The lowest BCUT2D eigenvalue weighted by atomic mass is 10.2. The highest BCUT2D eigenvalue weighted by atomic mass is 16.2. The first-order valence-electron chi connectivity index (χ1n) is 7.90. The summed E-state index contributed by atoms with van der Waals surface area (Å²) < 4.78 is 0. The van der Waals surface area contributed by atoms with Gasteiger partial charge in [0.15, 0.2) is 0 Å². The maximum atomic E-state index is 12.9. The van der Waals surface area contributed by atoms with E-state index in [0.29, 0.717) is 24.7 Å². The number of hydrogen-bond donors (Lipinski definition) is 1. The quantitative estimate of drug-likeness (QED) is 0.778. The Bertz CT molecular complexity index is 759. The molecule has 4 heteroatoms. The number of para-hydroxylation sites is 1. The summed E-state index contributed by atoms with van der Waals surface area (Å²) in [6.07, 6.45) is 1.76. The number of rotatable bonds is 5. The molecule has 3 rings (SSSR count). The molecule has 0 atom stereocenters. The highest BCUT2D eigenvalue weighted by Gasteiger charge is 2.19. The van der Waals surface area contributed by atoms with Gasteiger partial charge in [0, 0.05) is 23.6 Å². The molecule has 23 heavy (non-hydrogen) atoms. The van der Waals surface area contributed by atoms with E-state index in [1.54, 1.807) is 6.20 Å². The molecule has 0 fully saturated rings. The highest BCUT2D eigenvalue weighted by Crippen LogP contribution is 2.17. The number of benzene rings is 1. The zero-order valence-electron chi connectivity index (χ0n) is 13.5. The summed E-state index contributed by atoms with van der Waals surface area (Å²) in [5.74, 6) is 0.410. The van der Waals surface area contributed by atoms with Crippen molar-refractivity contribution in [3.05, 3.63) is 66.1 Å². The molecule has 0 unspecified atom stereocenters. The van der Waals surface area contributed by atoms with Crippen molar-refractivity contribution < 1.29 is 4.79 Å². The second kappa shape index (κ2) is 6.65. The average Bonchev–Trinajstić information content (AvgIpc) is 2.98. The van der Waals surface area contributed by atoms with Gasteiger partial charge in [-0.25, -0.2) is 0 Å². The number of fused-ring (bicyclic) bond motifs is 1. The van der Waals surface area contributed by atoms with E-state index < -0.39 is 0 Å². The van der Waals surface area contributed by atoms with Crippen LogP contribution in [-0.2, 0) is 6.54 Å². The van der Waals surface area contributed by atoms with Crippen LogP contribution in [0.1, 0.15) is 30.0 Å². The summed E-state index contributed by atoms with van der Waals surface area (Å²) in [6.45, 7) is 5.45. The van der Waals surface area contributed by atoms with Gasteiger partial charge in [-0.3, -0.25) is 9.78 Å². The number of nitrogens with zero attached hydrogens (tertiary/aromatic N) is 2. The molecule has 3 aromatic rings. The molecule has 2 heterocycles. The molecule has 0 saturated heterocycles. The fourth-order valence-corrected chi connectivity index (χ4v) is 2.71. The summed E-state index contributed by atoms with van der Waals surface area (Å²) in [5, 5.41) is 1.05. The normalized spacial score (nSPS) is 11.1. The van der Waals surface area contributed by atoms with Gasteiger partial charge >= 0.3 is 0 Å². The third kappa shape index (κ3) is 3.59. The second-order valence-electron chi connectivity index (χ2n) is 6.17. The molecule has 0 spiro atoms. The van der Waals surface area contributed by atoms with E-state index in [4.69, 9.17) is 0 Å². The van der Waals surface area contributed by atoms with Gasteiger partial charge < -0.3 is 9.88 Å². The standard InChI is InChI=1S/C19H21N3O/c1-14(2)12-22(13-16-8-5-6-10-20-16)19(23)18-11-15-7-3-4-9-17(15)21-18/h3-11,14,21H,12-13H2,1-2H3. The monoisotopic (exact) mass is 307 g/mol. The van der Waals surface area contributed by atoms with Gasteiger partial charge in [-0.05, 0) is 30.2 Å². The maximum absolute atomic E-state index is 12.9. The van der Waals surface area contributed by atoms with Crippen molar-refractivity contribution in [1.82, 2.24) is 14.9 Å². The average molecular weight is 307 g/mol. The molecule has 0 aliphatic carbocycles. The molecule has 118 valence electrons. The summed E-state index contributed by atoms with van der Waals surface area (Å²) in [5.41, 5.74) is 2.51. The first-order chi connectivity index (χ1) is 11.1. The van der Waals surface area contributed by atoms with E-state index in [1.165, 1.54) is 0 Å². The van der Waals surface area contributed by atoms with E-state index in [-0.39, 0.29) is 5.91 Å². The zero-order chi connectivity index (χ0) is 16.2. The molecule has 1 N–H and O–H groups in total. The third-order valence-electron chi connectivity index (χ3n) is 3.71. The largest absolute Gasteiger partial charge is 0.351 e. The first-order valence-corrected chi connectivity index (χ1v) is 7.90. The fraction of sp³-hybridized carbons (Fsp3) is 0.263. The summed E-state index contributed by atoms with van der Waals surface area (Å²) in [7, 11) is 0. The molecule has 0 saturated carbocycles. The molecule has 0 aliphatic heterocycles. The Morgan fingerprint density at radius 1 is 1.17 bits per heavy atom. The van der Waals surface area contributed by atoms with E-state index in [9.17, 15) is 4.79 Å². The van der Waals surface area contributed by atoms with Crippen LogP contribution in [-0.4, -0.2) is 27.3 Å². The lowest BCUT2D eigenvalue weighted by molar-refractivity contribution is 0.0715. The van der Waals surface area contributed by atoms with Crippen molar-refractivity contribution >= 4 is 16.8 Å². The van der Waals surface area contributed by atoms with E-state index in [0.717, 1.165) is 16.6 Å². The van der Waals surface area contributed by atoms with Crippen molar-refractivity contribution in [3.8, 4) is 0 Å². The van der Waals surface area contributed by atoms with Crippen LogP contribution in [0.3, 0.4) is 0 Å². The Kier molecular flexibility index (Phi) is 4.42. The molecule has 4 nitrogen and oxygen atoms in total. The Labute approximate surface area is 136 Å². The van der Waals surface area contributed by atoms with Crippen molar-refractivity contribution in [2.75, 3.05) is 6.54 Å². The van der Waals surface area contributed by atoms with Gasteiger partial charge in [-0.1, -0.05) is 38.1 Å². The SMILES string of the molecule is CC(C)CN(Cc1ccccn1)C(=O)c1cc2ccccc2[nH]1. The minimum Gasteiger partial charge on any atom is -0.351 e. The van der Waals surface area contributed by atoms with Crippen molar-refractivity contribution in [2.24, 2.45) is 5.92 Å². The number of amides is 1. The van der Waals surface area contributed by atoms with Crippen molar-refractivity contribution in [1.29, 1.82) is 0 Å². The second-order valence-corrected chi connectivity index (χ2v) is 6.17. The Morgan fingerprint density at radius 2 is 1.96 bits per heavy atom. The van der Waals surface area contributed by atoms with Gasteiger partial charge in [0.2, 0.25) is 0 Å². The predicted molar refractivity (Wildman–Crippen MR) is 92.1 cm³/mol. The number of H-pyrrole nitrogens is 1. The van der Waals surface area contributed by atoms with Crippen LogP contribution in [0.5, 0.6) is 0 Å². The molecule has 0 bridgehead atoms.